The molecule has 2 aromatic rings. The van der Waals surface area contributed by atoms with Crippen LogP contribution < -0.4 is 4.74 Å². The maximum atomic E-state index is 12.1. The molecule has 0 aliphatic carbocycles. The first-order valence-electron chi connectivity index (χ1n) is 6.67. The number of aromatic hydroxyl groups is 1. The molecule has 0 radical (unpaired) electrons. The molecule has 0 heterocycles. The molecule has 0 aromatic heterocycles. The average molecular weight is 350 g/mol. The van der Waals surface area contributed by atoms with Gasteiger partial charge in [-0.2, -0.15) is 12.8 Å². The van der Waals surface area contributed by atoms with Crippen LogP contribution in [-0.2, 0) is 10.0 Å². The number of nitro groups is 1. The van der Waals surface area contributed by atoms with Gasteiger partial charge < -0.3 is 9.84 Å². The van der Waals surface area contributed by atoms with Crippen molar-refractivity contribution in [3.05, 3.63) is 57.6 Å². The van der Waals surface area contributed by atoms with Crippen LogP contribution in [0.3, 0.4) is 0 Å². The zero-order chi connectivity index (χ0) is 17.9. The second kappa shape index (κ2) is 6.67. The summed E-state index contributed by atoms with van der Waals surface area (Å²) in [4.78, 5) is 10.1. The van der Waals surface area contributed by atoms with Crippen LogP contribution in [0.25, 0.3) is 0 Å². The van der Waals surface area contributed by atoms with Crippen molar-refractivity contribution < 1.29 is 23.2 Å². The highest BCUT2D eigenvalue weighted by molar-refractivity contribution is 7.90. The molecule has 0 atom stereocenters. The molecule has 0 saturated heterocycles. The van der Waals surface area contributed by atoms with Gasteiger partial charge in [-0.3, -0.25) is 10.1 Å². The van der Waals surface area contributed by atoms with Crippen LogP contribution in [0.1, 0.15) is 11.1 Å². The Kier molecular flexibility index (Phi) is 4.84. The minimum absolute atomic E-state index is 0.00425. The summed E-state index contributed by atoms with van der Waals surface area (Å²) < 4.78 is 32.6. The van der Waals surface area contributed by atoms with Crippen molar-refractivity contribution in [3.8, 4) is 11.5 Å². The SMILES string of the molecule is COc1cc(/C=N\S(=O)(=O)c2ccc(C)cc2)cc([N+](=O)[O-])c1O. The van der Waals surface area contributed by atoms with E-state index >= 15 is 0 Å². The number of rotatable bonds is 5. The Morgan fingerprint density at radius 1 is 1.25 bits per heavy atom. The van der Waals surface area contributed by atoms with Gasteiger partial charge in [-0.25, -0.2) is 0 Å². The predicted molar refractivity (Wildman–Crippen MR) is 87.3 cm³/mol. The molecule has 0 bridgehead atoms. The fraction of sp³-hybridized carbons (Fsp3) is 0.133. The molecule has 8 nitrogen and oxygen atoms in total. The van der Waals surface area contributed by atoms with E-state index in [1.165, 1.54) is 25.3 Å². The summed E-state index contributed by atoms with van der Waals surface area (Å²) in [5.41, 5.74) is 0.396. The summed E-state index contributed by atoms with van der Waals surface area (Å²) in [5, 5.41) is 20.6. The number of nitrogens with zero attached hydrogens (tertiary/aromatic N) is 2. The van der Waals surface area contributed by atoms with Gasteiger partial charge >= 0.3 is 5.69 Å². The van der Waals surface area contributed by atoms with Gasteiger partial charge in [0.25, 0.3) is 10.0 Å². The van der Waals surface area contributed by atoms with Gasteiger partial charge in [-0.05, 0) is 25.1 Å². The Morgan fingerprint density at radius 3 is 2.42 bits per heavy atom. The van der Waals surface area contributed by atoms with E-state index in [4.69, 9.17) is 4.74 Å². The van der Waals surface area contributed by atoms with Crippen LogP contribution in [-0.4, -0.2) is 31.8 Å². The first kappa shape index (κ1) is 17.4. The van der Waals surface area contributed by atoms with Crippen molar-refractivity contribution >= 4 is 21.9 Å². The molecule has 0 spiro atoms. The third-order valence-corrected chi connectivity index (χ3v) is 4.40. The maximum absolute atomic E-state index is 12.1. The third-order valence-electron chi connectivity index (χ3n) is 3.15. The zero-order valence-electron chi connectivity index (χ0n) is 12.8. The first-order chi connectivity index (χ1) is 11.2. The Bertz CT molecular complexity index is 904. The van der Waals surface area contributed by atoms with Crippen LogP contribution in [0.5, 0.6) is 11.5 Å². The summed E-state index contributed by atoms with van der Waals surface area (Å²) in [7, 11) is -2.72. The molecule has 9 heteroatoms. The Morgan fingerprint density at radius 2 is 1.88 bits per heavy atom. The predicted octanol–water partition coefficient (Wildman–Crippen LogP) is 2.43. The van der Waals surface area contributed by atoms with Gasteiger partial charge in [0, 0.05) is 17.8 Å². The largest absolute Gasteiger partial charge is 0.500 e. The number of methoxy groups -OCH3 is 1. The minimum atomic E-state index is -3.94. The maximum Gasteiger partial charge on any atom is 0.315 e. The fourth-order valence-corrected chi connectivity index (χ4v) is 2.75. The lowest BCUT2D eigenvalue weighted by Gasteiger charge is -2.05. The van der Waals surface area contributed by atoms with Gasteiger partial charge in [-0.1, -0.05) is 17.7 Å². The highest BCUT2D eigenvalue weighted by Crippen LogP contribution is 2.36. The zero-order valence-corrected chi connectivity index (χ0v) is 13.6. The van der Waals surface area contributed by atoms with Crippen molar-refractivity contribution in [1.29, 1.82) is 0 Å². The van der Waals surface area contributed by atoms with Gasteiger partial charge in [0.2, 0.25) is 5.75 Å². The quantitative estimate of drug-likeness (QED) is 0.502. The van der Waals surface area contributed by atoms with E-state index in [2.05, 4.69) is 4.40 Å². The highest BCUT2D eigenvalue weighted by Gasteiger charge is 2.20. The minimum Gasteiger partial charge on any atom is -0.500 e. The monoisotopic (exact) mass is 350 g/mol. The molecule has 126 valence electrons. The first-order valence-corrected chi connectivity index (χ1v) is 8.11. The molecule has 2 rings (SSSR count). The van der Waals surface area contributed by atoms with Crippen molar-refractivity contribution in [2.24, 2.45) is 4.40 Å². The molecule has 2 aromatic carbocycles. The number of sulfonamides is 1. The fourth-order valence-electron chi connectivity index (χ4n) is 1.88. The number of ether oxygens (including phenoxy) is 1. The molecule has 1 N–H and O–H groups in total. The van der Waals surface area contributed by atoms with Gasteiger partial charge in [0.1, 0.15) is 0 Å². The van der Waals surface area contributed by atoms with Crippen molar-refractivity contribution in [1.82, 2.24) is 0 Å². The van der Waals surface area contributed by atoms with Crippen LogP contribution in [0.15, 0.2) is 45.7 Å². The lowest BCUT2D eigenvalue weighted by molar-refractivity contribution is -0.386. The molecule has 0 saturated carbocycles. The number of phenolic OH excluding ortho intramolecular Hbond substituents is 1. The average Bonchev–Trinajstić information content (AvgIpc) is 2.54. The van der Waals surface area contributed by atoms with Gasteiger partial charge in [-0.15, -0.1) is 0 Å². The Hall–Kier alpha value is -2.94. The summed E-state index contributed by atoms with van der Waals surface area (Å²) >= 11 is 0. The number of benzene rings is 2. The van der Waals surface area contributed by atoms with E-state index in [1.807, 2.05) is 6.92 Å². The van der Waals surface area contributed by atoms with E-state index in [0.29, 0.717) is 0 Å². The smallest absolute Gasteiger partial charge is 0.315 e. The van der Waals surface area contributed by atoms with Crippen LogP contribution in [0.4, 0.5) is 5.69 Å². The summed E-state index contributed by atoms with van der Waals surface area (Å²) in [6.45, 7) is 1.82. The van der Waals surface area contributed by atoms with E-state index in [0.717, 1.165) is 17.8 Å². The van der Waals surface area contributed by atoms with Crippen LogP contribution in [0, 0.1) is 17.0 Å². The number of phenols is 1. The van der Waals surface area contributed by atoms with E-state index in [-0.39, 0.29) is 16.2 Å². The Labute approximate surface area is 138 Å². The summed E-state index contributed by atoms with van der Waals surface area (Å²) in [6.07, 6.45) is 0.962. The summed E-state index contributed by atoms with van der Waals surface area (Å²) in [6, 6.07) is 8.36. The van der Waals surface area contributed by atoms with Gasteiger partial charge in [0.15, 0.2) is 5.75 Å². The molecular weight excluding hydrogens is 336 g/mol. The normalized spacial score (nSPS) is 11.6. The lowest BCUT2D eigenvalue weighted by Crippen LogP contribution is -1.99. The second-order valence-electron chi connectivity index (χ2n) is 4.87. The van der Waals surface area contributed by atoms with Crippen LogP contribution >= 0.6 is 0 Å². The molecule has 0 unspecified atom stereocenters. The highest BCUT2D eigenvalue weighted by atomic mass is 32.2. The van der Waals surface area contributed by atoms with Crippen molar-refractivity contribution in [2.45, 2.75) is 11.8 Å². The van der Waals surface area contributed by atoms with Gasteiger partial charge in [0.05, 0.1) is 16.9 Å². The van der Waals surface area contributed by atoms with E-state index in [9.17, 15) is 23.6 Å². The molecule has 0 fully saturated rings. The van der Waals surface area contributed by atoms with Crippen molar-refractivity contribution in [3.63, 3.8) is 0 Å². The number of hydrogen-bond acceptors (Lipinski definition) is 6. The molecule has 0 aliphatic rings. The third kappa shape index (κ3) is 3.69. The van der Waals surface area contributed by atoms with Crippen molar-refractivity contribution in [2.75, 3.05) is 7.11 Å². The molecule has 0 amide bonds. The van der Waals surface area contributed by atoms with Crippen LogP contribution in [0.2, 0.25) is 0 Å². The molecular formula is C15H14N2O6S. The number of aryl methyl sites for hydroxylation is 1. The standard InChI is InChI=1S/C15H14N2O6S/c1-10-3-5-12(6-4-10)24(21,22)16-9-11-7-13(17(19)20)15(18)14(8-11)23-2/h3-9,18H,1-2H3/b16-9-. The molecule has 24 heavy (non-hydrogen) atoms. The number of nitro benzene ring substituents is 1. The van der Waals surface area contributed by atoms with E-state index in [1.54, 1.807) is 12.1 Å². The van der Waals surface area contributed by atoms with E-state index < -0.39 is 26.4 Å². The summed E-state index contributed by atoms with van der Waals surface area (Å²) in [5.74, 6) is -0.792. The number of hydrogen-bond donors (Lipinski definition) is 1. The lowest BCUT2D eigenvalue weighted by atomic mass is 10.2. The Balaban J connectivity index is 2.43. The topological polar surface area (TPSA) is 119 Å². The second-order valence-corrected chi connectivity index (χ2v) is 6.50. The molecule has 0 aliphatic heterocycles.